The standard InChI is InChI=1S/C34H50O.C14H10/c1-3-5-7-9-11-12-14-16-21-29(20-15-13-10-8-6-4-2)28-35-34-25-19-24-32-26-30-22-17-18-23-31(30)27-33(32)34;1-2-6-12-10-14-8-4-3-7-13(14)9-11(12)5-1/h17-19,22-27,29H,3-16,20-21,28H2,1-2H3;1-10H. The normalized spacial score (nSPS) is 12.0. The Hall–Kier alpha value is -3.84. The first-order valence-electron chi connectivity index (χ1n) is 19.7. The van der Waals surface area contributed by atoms with E-state index in [1.807, 2.05) is 0 Å². The molecule has 6 aromatic carbocycles. The second kappa shape index (κ2) is 20.6. The second-order valence-electron chi connectivity index (χ2n) is 14.2. The number of fused-ring (bicyclic) bond motifs is 4. The van der Waals surface area contributed by atoms with Crippen LogP contribution in [-0.2, 0) is 0 Å². The van der Waals surface area contributed by atoms with Gasteiger partial charge in [0.25, 0.3) is 0 Å². The van der Waals surface area contributed by atoms with Gasteiger partial charge >= 0.3 is 0 Å². The molecule has 1 unspecified atom stereocenters. The summed E-state index contributed by atoms with van der Waals surface area (Å²) in [6.07, 6.45) is 22.1. The van der Waals surface area contributed by atoms with Gasteiger partial charge in [-0.05, 0) is 86.8 Å². The van der Waals surface area contributed by atoms with E-state index >= 15 is 0 Å². The molecule has 0 radical (unpaired) electrons. The van der Waals surface area contributed by atoms with Gasteiger partial charge in [0.05, 0.1) is 6.61 Å². The van der Waals surface area contributed by atoms with E-state index in [1.165, 1.54) is 146 Å². The van der Waals surface area contributed by atoms with Crippen LogP contribution in [0.15, 0.2) is 115 Å². The summed E-state index contributed by atoms with van der Waals surface area (Å²) in [7, 11) is 0. The van der Waals surface area contributed by atoms with E-state index in [2.05, 4.69) is 129 Å². The zero-order valence-electron chi connectivity index (χ0n) is 30.5. The predicted octanol–water partition coefficient (Wildman–Crippen LogP) is 15.3. The highest BCUT2D eigenvalue weighted by Gasteiger charge is 2.12. The van der Waals surface area contributed by atoms with Crippen LogP contribution in [0, 0.1) is 5.92 Å². The molecule has 0 saturated heterocycles. The molecule has 0 heterocycles. The SMILES string of the molecule is CCCCCCCCCCC(CCCCCCCC)COc1cccc2cc3ccccc3cc12.c1ccc2cc3ccccc3cc2c1. The summed E-state index contributed by atoms with van der Waals surface area (Å²) < 4.78 is 6.55. The van der Waals surface area contributed by atoms with E-state index < -0.39 is 0 Å². The molecule has 1 heteroatoms. The third-order valence-corrected chi connectivity index (χ3v) is 10.2. The average Bonchev–Trinajstić information content (AvgIpc) is 3.14. The lowest BCUT2D eigenvalue weighted by Crippen LogP contribution is -2.12. The van der Waals surface area contributed by atoms with Crippen molar-refractivity contribution in [2.75, 3.05) is 6.61 Å². The van der Waals surface area contributed by atoms with Crippen LogP contribution in [0.25, 0.3) is 43.1 Å². The summed E-state index contributed by atoms with van der Waals surface area (Å²) in [5, 5.41) is 10.4. The molecule has 0 fully saturated rings. The Morgan fingerprint density at radius 1 is 0.388 bits per heavy atom. The van der Waals surface area contributed by atoms with Crippen LogP contribution < -0.4 is 4.74 Å². The Balaban J connectivity index is 0.000000274. The van der Waals surface area contributed by atoms with E-state index in [0.29, 0.717) is 5.92 Å². The van der Waals surface area contributed by atoms with E-state index in [9.17, 15) is 0 Å². The van der Waals surface area contributed by atoms with Crippen molar-refractivity contribution in [2.45, 2.75) is 117 Å². The van der Waals surface area contributed by atoms with Gasteiger partial charge in [-0.15, -0.1) is 0 Å². The van der Waals surface area contributed by atoms with Gasteiger partial charge in [0.2, 0.25) is 0 Å². The number of hydrogen-bond acceptors (Lipinski definition) is 1. The van der Waals surface area contributed by atoms with E-state index in [4.69, 9.17) is 4.74 Å². The van der Waals surface area contributed by atoms with Gasteiger partial charge in [0, 0.05) is 5.39 Å². The van der Waals surface area contributed by atoms with Gasteiger partial charge in [-0.2, -0.15) is 0 Å². The fraction of sp³-hybridized carbons (Fsp3) is 0.417. The first kappa shape index (κ1) is 36.4. The van der Waals surface area contributed by atoms with Crippen LogP contribution in [0.2, 0.25) is 0 Å². The Kier molecular flexibility index (Phi) is 15.3. The third-order valence-electron chi connectivity index (χ3n) is 10.2. The van der Waals surface area contributed by atoms with Crippen molar-refractivity contribution in [1.29, 1.82) is 0 Å². The first-order valence-corrected chi connectivity index (χ1v) is 19.7. The highest BCUT2D eigenvalue weighted by molar-refractivity contribution is 6.01. The van der Waals surface area contributed by atoms with Crippen LogP contribution in [-0.4, -0.2) is 6.61 Å². The molecule has 1 atom stereocenters. The van der Waals surface area contributed by atoms with Gasteiger partial charge in [0.1, 0.15) is 5.75 Å². The molecule has 0 amide bonds. The summed E-state index contributed by atoms with van der Waals surface area (Å²) in [6.45, 7) is 5.46. The molecule has 1 nitrogen and oxygen atoms in total. The summed E-state index contributed by atoms with van der Waals surface area (Å²) in [6, 6.07) is 41.2. The number of benzene rings is 6. The van der Waals surface area contributed by atoms with Crippen LogP contribution in [0.3, 0.4) is 0 Å². The summed E-state index contributed by atoms with van der Waals surface area (Å²) >= 11 is 0. The van der Waals surface area contributed by atoms with Crippen LogP contribution in [0.4, 0.5) is 0 Å². The maximum Gasteiger partial charge on any atom is 0.127 e. The maximum atomic E-state index is 6.55. The zero-order chi connectivity index (χ0) is 33.9. The summed E-state index contributed by atoms with van der Waals surface area (Å²) in [4.78, 5) is 0. The van der Waals surface area contributed by atoms with Crippen molar-refractivity contribution in [3.63, 3.8) is 0 Å². The minimum absolute atomic E-state index is 0.678. The molecule has 0 aliphatic heterocycles. The van der Waals surface area contributed by atoms with Crippen molar-refractivity contribution < 1.29 is 4.74 Å². The van der Waals surface area contributed by atoms with Gasteiger partial charge in [-0.1, -0.05) is 189 Å². The molecule has 0 bridgehead atoms. The molecule has 0 saturated carbocycles. The van der Waals surface area contributed by atoms with Crippen molar-refractivity contribution in [1.82, 2.24) is 0 Å². The van der Waals surface area contributed by atoms with E-state index in [1.54, 1.807) is 0 Å². The summed E-state index contributed by atoms with van der Waals surface area (Å²) in [5.74, 6) is 1.73. The van der Waals surface area contributed by atoms with Crippen LogP contribution in [0.5, 0.6) is 5.75 Å². The fourth-order valence-corrected chi connectivity index (χ4v) is 7.25. The molecule has 0 spiro atoms. The Labute approximate surface area is 297 Å². The number of ether oxygens (including phenoxy) is 1. The highest BCUT2D eigenvalue weighted by atomic mass is 16.5. The lowest BCUT2D eigenvalue weighted by atomic mass is 9.94. The summed E-state index contributed by atoms with van der Waals surface area (Å²) in [5.41, 5.74) is 0. The molecular weight excluding hydrogens is 593 g/mol. The third kappa shape index (κ3) is 11.6. The monoisotopic (exact) mass is 652 g/mol. The maximum absolute atomic E-state index is 6.55. The van der Waals surface area contributed by atoms with Gasteiger partial charge in [0.15, 0.2) is 0 Å². The molecule has 0 aromatic heterocycles. The van der Waals surface area contributed by atoms with E-state index in [-0.39, 0.29) is 0 Å². The zero-order valence-corrected chi connectivity index (χ0v) is 30.5. The molecule has 258 valence electrons. The minimum Gasteiger partial charge on any atom is -0.493 e. The average molecular weight is 653 g/mol. The van der Waals surface area contributed by atoms with Gasteiger partial charge < -0.3 is 4.74 Å². The smallest absolute Gasteiger partial charge is 0.127 e. The van der Waals surface area contributed by atoms with Crippen LogP contribution in [0.1, 0.15) is 117 Å². The largest absolute Gasteiger partial charge is 0.493 e. The Bertz CT molecular complexity index is 1710. The first-order chi connectivity index (χ1) is 24.2. The topological polar surface area (TPSA) is 9.23 Å². The lowest BCUT2D eigenvalue weighted by Gasteiger charge is -2.19. The van der Waals surface area contributed by atoms with Crippen molar-refractivity contribution >= 4 is 43.1 Å². The van der Waals surface area contributed by atoms with Crippen molar-refractivity contribution in [3.05, 3.63) is 115 Å². The fourth-order valence-electron chi connectivity index (χ4n) is 7.25. The molecule has 0 aliphatic carbocycles. The minimum atomic E-state index is 0.678. The molecule has 6 rings (SSSR count). The second-order valence-corrected chi connectivity index (χ2v) is 14.2. The van der Waals surface area contributed by atoms with Crippen LogP contribution >= 0.6 is 0 Å². The van der Waals surface area contributed by atoms with Crippen molar-refractivity contribution in [2.24, 2.45) is 5.92 Å². The quantitative estimate of drug-likeness (QED) is 0.0625. The number of unbranched alkanes of at least 4 members (excludes halogenated alkanes) is 12. The molecule has 49 heavy (non-hydrogen) atoms. The highest BCUT2D eigenvalue weighted by Crippen LogP contribution is 2.31. The molecule has 6 aromatic rings. The predicted molar refractivity (Wildman–Crippen MR) is 217 cm³/mol. The number of hydrogen-bond donors (Lipinski definition) is 0. The molecule has 0 aliphatic rings. The molecular formula is C48H60O. The van der Waals surface area contributed by atoms with Gasteiger partial charge in [-0.25, -0.2) is 0 Å². The molecule has 0 N–H and O–H groups in total. The van der Waals surface area contributed by atoms with E-state index in [0.717, 1.165) is 12.4 Å². The Morgan fingerprint density at radius 3 is 1.20 bits per heavy atom. The lowest BCUT2D eigenvalue weighted by molar-refractivity contribution is 0.226. The Morgan fingerprint density at radius 2 is 0.755 bits per heavy atom. The number of rotatable bonds is 19. The van der Waals surface area contributed by atoms with Crippen molar-refractivity contribution in [3.8, 4) is 5.75 Å². The van der Waals surface area contributed by atoms with Gasteiger partial charge in [-0.3, -0.25) is 0 Å².